The van der Waals surface area contributed by atoms with Gasteiger partial charge in [0.1, 0.15) is 0 Å². The van der Waals surface area contributed by atoms with Crippen LogP contribution in [0.15, 0.2) is 33.6 Å². The van der Waals surface area contributed by atoms with E-state index >= 15 is 0 Å². The average molecular weight is 372 g/mol. The minimum absolute atomic E-state index is 0.194. The largest absolute Gasteiger partial charge is 0.312 e. The van der Waals surface area contributed by atoms with Gasteiger partial charge in [0, 0.05) is 10.5 Å². The van der Waals surface area contributed by atoms with Crippen molar-refractivity contribution in [3.05, 3.63) is 28.7 Å². The van der Waals surface area contributed by atoms with E-state index in [9.17, 15) is 4.21 Å². The quantitative estimate of drug-likeness (QED) is 0.824. The van der Waals surface area contributed by atoms with Crippen LogP contribution in [-0.2, 0) is 10.8 Å². The molecule has 0 amide bonds. The van der Waals surface area contributed by atoms with E-state index in [-0.39, 0.29) is 10.7 Å². The first kappa shape index (κ1) is 17.2. The third-order valence-corrected chi connectivity index (χ3v) is 7.27. The predicted molar refractivity (Wildman–Crippen MR) is 94.1 cm³/mol. The summed E-state index contributed by atoms with van der Waals surface area (Å²) in [6.45, 7) is 7.80. The molecule has 3 unspecified atom stereocenters. The smallest absolute Gasteiger partial charge is 0.0588 e. The SMILES string of the molecule is CCCNC1C(S(=O)c2ccccc2Br)CCCC1(C)C. The van der Waals surface area contributed by atoms with Gasteiger partial charge in [0.2, 0.25) is 0 Å². The van der Waals surface area contributed by atoms with Gasteiger partial charge in [-0.2, -0.15) is 0 Å². The van der Waals surface area contributed by atoms with E-state index in [1.807, 2.05) is 24.3 Å². The Morgan fingerprint density at radius 2 is 2.10 bits per heavy atom. The molecule has 0 bridgehead atoms. The highest BCUT2D eigenvalue weighted by Crippen LogP contribution is 2.39. The lowest BCUT2D eigenvalue weighted by molar-refractivity contribution is 0.173. The molecule has 1 N–H and O–H groups in total. The second kappa shape index (κ2) is 7.38. The summed E-state index contributed by atoms with van der Waals surface area (Å²) in [7, 11) is -0.971. The average Bonchev–Trinajstić information content (AvgIpc) is 2.45. The summed E-state index contributed by atoms with van der Waals surface area (Å²) in [5.41, 5.74) is 0.203. The molecule has 1 aliphatic carbocycles. The van der Waals surface area contributed by atoms with Gasteiger partial charge in [0.15, 0.2) is 0 Å². The molecule has 21 heavy (non-hydrogen) atoms. The Kier molecular flexibility index (Phi) is 6.04. The fraction of sp³-hybridized carbons (Fsp3) is 0.647. The van der Waals surface area contributed by atoms with Crippen molar-refractivity contribution in [1.82, 2.24) is 5.32 Å². The molecule has 1 aromatic carbocycles. The number of hydrogen-bond donors (Lipinski definition) is 1. The van der Waals surface area contributed by atoms with Crippen molar-refractivity contribution in [2.24, 2.45) is 5.41 Å². The maximum absolute atomic E-state index is 13.1. The zero-order valence-electron chi connectivity index (χ0n) is 13.2. The first-order valence-corrected chi connectivity index (χ1v) is 9.86. The Hall–Kier alpha value is -0.190. The molecular weight excluding hydrogens is 346 g/mol. The fourth-order valence-corrected chi connectivity index (χ4v) is 5.95. The summed E-state index contributed by atoms with van der Waals surface area (Å²) in [5.74, 6) is 0. The summed E-state index contributed by atoms with van der Waals surface area (Å²) < 4.78 is 14.1. The predicted octanol–water partition coefficient (Wildman–Crippen LogP) is 4.50. The molecule has 1 aromatic rings. The Labute approximate surface area is 139 Å². The molecule has 1 aliphatic rings. The van der Waals surface area contributed by atoms with Gasteiger partial charge < -0.3 is 5.32 Å². The molecule has 1 fully saturated rings. The molecule has 0 aliphatic heterocycles. The summed E-state index contributed by atoms with van der Waals surface area (Å²) in [5, 5.41) is 3.87. The van der Waals surface area contributed by atoms with Crippen molar-refractivity contribution < 1.29 is 4.21 Å². The highest BCUT2D eigenvalue weighted by atomic mass is 79.9. The molecule has 4 heteroatoms. The van der Waals surface area contributed by atoms with Crippen LogP contribution in [0.3, 0.4) is 0 Å². The van der Waals surface area contributed by atoms with Crippen LogP contribution in [0.4, 0.5) is 0 Å². The Morgan fingerprint density at radius 3 is 2.76 bits per heavy atom. The van der Waals surface area contributed by atoms with E-state index in [0.29, 0.717) is 6.04 Å². The topological polar surface area (TPSA) is 29.1 Å². The van der Waals surface area contributed by atoms with Crippen molar-refractivity contribution in [3.8, 4) is 0 Å². The van der Waals surface area contributed by atoms with Gasteiger partial charge in [-0.15, -0.1) is 0 Å². The molecule has 2 rings (SSSR count). The molecule has 0 heterocycles. The third kappa shape index (κ3) is 3.96. The van der Waals surface area contributed by atoms with Gasteiger partial charge >= 0.3 is 0 Å². The molecule has 1 saturated carbocycles. The summed E-state index contributed by atoms with van der Waals surface area (Å²) in [6.07, 6.45) is 4.52. The second-order valence-electron chi connectivity index (χ2n) is 6.58. The van der Waals surface area contributed by atoms with E-state index < -0.39 is 10.8 Å². The van der Waals surface area contributed by atoms with Crippen molar-refractivity contribution >= 4 is 26.7 Å². The van der Waals surface area contributed by atoms with Gasteiger partial charge in [-0.1, -0.05) is 39.3 Å². The molecule has 0 saturated heterocycles. The summed E-state index contributed by atoms with van der Waals surface area (Å²) in [4.78, 5) is 0.934. The third-order valence-electron chi connectivity index (χ3n) is 4.47. The number of hydrogen-bond acceptors (Lipinski definition) is 2. The normalized spacial score (nSPS) is 26.5. The van der Waals surface area contributed by atoms with Crippen LogP contribution in [0.5, 0.6) is 0 Å². The molecule has 2 nitrogen and oxygen atoms in total. The lowest BCUT2D eigenvalue weighted by atomic mass is 9.73. The first-order chi connectivity index (χ1) is 9.97. The number of halogens is 1. The minimum atomic E-state index is -0.971. The molecule has 3 atom stereocenters. The van der Waals surface area contributed by atoms with Crippen LogP contribution < -0.4 is 5.32 Å². The number of nitrogens with one attached hydrogen (secondary N) is 1. The molecule has 118 valence electrons. The number of benzene rings is 1. The molecule has 0 radical (unpaired) electrons. The Balaban J connectivity index is 2.26. The molecular formula is C17H26BrNOS. The number of rotatable bonds is 5. The van der Waals surface area contributed by atoms with Gasteiger partial charge in [0.05, 0.1) is 20.9 Å². The standard InChI is InChI=1S/C17H26BrNOS/c1-4-12-19-16-15(10-7-11-17(16,2)3)21(20)14-9-6-5-8-13(14)18/h5-6,8-9,15-16,19H,4,7,10-12H2,1-3H3. The lowest BCUT2D eigenvalue weighted by Gasteiger charge is -2.44. The van der Waals surface area contributed by atoms with Gasteiger partial charge in [0.25, 0.3) is 0 Å². The van der Waals surface area contributed by atoms with Crippen LogP contribution in [0, 0.1) is 5.41 Å². The van der Waals surface area contributed by atoms with Gasteiger partial charge in [-0.25, -0.2) is 0 Å². The van der Waals surface area contributed by atoms with Crippen LogP contribution in [0.1, 0.15) is 46.5 Å². The van der Waals surface area contributed by atoms with Crippen molar-refractivity contribution in [3.63, 3.8) is 0 Å². The van der Waals surface area contributed by atoms with Gasteiger partial charge in [-0.3, -0.25) is 4.21 Å². The van der Waals surface area contributed by atoms with E-state index in [0.717, 1.165) is 35.2 Å². The zero-order valence-corrected chi connectivity index (χ0v) is 15.6. The Bertz CT molecular complexity index is 503. The Morgan fingerprint density at radius 1 is 1.38 bits per heavy atom. The lowest BCUT2D eigenvalue weighted by Crippen LogP contribution is -2.54. The van der Waals surface area contributed by atoms with E-state index in [4.69, 9.17) is 0 Å². The zero-order chi connectivity index (χ0) is 15.5. The highest BCUT2D eigenvalue weighted by molar-refractivity contribution is 9.10. The van der Waals surface area contributed by atoms with E-state index in [1.54, 1.807) is 0 Å². The maximum atomic E-state index is 13.1. The fourth-order valence-electron chi connectivity index (χ4n) is 3.29. The summed E-state index contributed by atoms with van der Waals surface area (Å²) >= 11 is 3.55. The van der Waals surface area contributed by atoms with Crippen molar-refractivity contribution in [2.45, 2.75) is 62.6 Å². The summed E-state index contributed by atoms with van der Waals surface area (Å²) in [6, 6.07) is 8.23. The van der Waals surface area contributed by atoms with E-state index in [2.05, 4.69) is 42.0 Å². The van der Waals surface area contributed by atoms with Crippen LogP contribution in [0.25, 0.3) is 0 Å². The first-order valence-electron chi connectivity index (χ1n) is 7.86. The second-order valence-corrected chi connectivity index (χ2v) is 9.07. The van der Waals surface area contributed by atoms with Crippen molar-refractivity contribution in [1.29, 1.82) is 0 Å². The molecule has 0 spiro atoms. The minimum Gasteiger partial charge on any atom is -0.312 e. The van der Waals surface area contributed by atoms with Crippen LogP contribution in [0.2, 0.25) is 0 Å². The van der Waals surface area contributed by atoms with Crippen molar-refractivity contribution in [2.75, 3.05) is 6.54 Å². The molecule has 0 aromatic heterocycles. The maximum Gasteiger partial charge on any atom is 0.0588 e. The highest BCUT2D eigenvalue weighted by Gasteiger charge is 2.41. The van der Waals surface area contributed by atoms with Crippen LogP contribution >= 0.6 is 15.9 Å². The monoisotopic (exact) mass is 371 g/mol. The van der Waals surface area contributed by atoms with Crippen LogP contribution in [-0.4, -0.2) is 22.0 Å². The van der Waals surface area contributed by atoms with Gasteiger partial charge in [-0.05, 0) is 59.3 Å². The van der Waals surface area contributed by atoms with E-state index in [1.165, 1.54) is 6.42 Å².